The van der Waals surface area contributed by atoms with E-state index in [2.05, 4.69) is 223 Å². The van der Waals surface area contributed by atoms with E-state index in [9.17, 15) is 0 Å². The number of rotatable bonds is 1. The Hall–Kier alpha value is -6.04. The van der Waals surface area contributed by atoms with Gasteiger partial charge in [-0.05, 0) is 185 Å². The molecule has 0 saturated heterocycles. The van der Waals surface area contributed by atoms with Crippen molar-refractivity contribution in [2.45, 2.75) is 174 Å². The van der Waals surface area contributed by atoms with Crippen molar-refractivity contribution in [3.8, 4) is 27.9 Å². The van der Waals surface area contributed by atoms with Crippen LogP contribution in [0.2, 0.25) is 0 Å². The molecule has 0 atom stereocenters. The van der Waals surface area contributed by atoms with Crippen LogP contribution < -0.4 is 15.1 Å². The summed E-state index contributed by atoms with van der Waals surface area (Å²) < 4.78 is 13.0. The Labute approximate surface area is 454 Å². The van der Waals surface area contributed by atoms with Crippen molar-refractivity contribution in [2.75, 3.05) is 4.81 Å². The molecule has 382 valence electrons. The summed E-state index contributed by atoms with van der Waals surface area (Å²) in [5.41, 5.74) is 26.9. The summed E-state index contributed by atoms with van der Waals surface area (Å²) in [5.74, 6) is 0. The summed E-state index contributed by atoms with van der Waals surface area (Å²) in [5, 5.41) is 6.33. The highest BCUT2D eigenvalue weighted by atomic mass is 32.1. The van der Waals surface area contributed by atoms with Gasteiger partial charge in [0.25, 0.3) is 0 Å². The third kappa shape index (κ3) is 5.97. The Morgan fingerprint density at radius 2 is 1.09 bits per heavy atom. The van der Waals surface area contributed by atoms with Crippen LogP contribution in [0.4, 0.5) is 11.4 Å². The molecule has 0 radical (unpaired) electrons. The van der Waals surface area contributed by atoms with Crippen LogP contribution in [0.3, 0.4) is 0 Å². The Morgan fingerprint density at radius 1 is 0.526 bits per heavy atom. The summed E-state index contributed by atoms with van der Waals surface area (Å²) in [6.07, 6.45) is 4.71. The van der Waals surface area contributed by atoms with Gasteiger partial charge in [0.05, 0.1) is 22.1 Å². The third-order valence-electron chi connectivity index (χ3n) is 20.4. The molecule has 76 heavy (non-hydrogen) atoms. The molecule has 0 spiro atoms. The smallest absolute Gasteiger partial charge is 0.343 e. The number of anilines is 2. The summed E-state index contributed by atoms with van der Waals surface area (Å²) in [7, 11) is 0. The number of nitrogens with zero attached hydrogens (tertiary/aromatic N) is 2. The van der Waals surface area contributed by atoms with Gasteiger partial charge < -0.3 is 13.8 Å². The molecular weight excluding hydrogens is 940 g/mol. The molecule has 5 heterocycles. The van der Waals surface area contributed by atoms with Gasteiger partial charge in [-0.15, -0.1) is 11.3 Å². The first-order valence-electron chi connectivity index (χ1n) is 28.5. The highest BCUT2D eigenvalue weighted by Gasteiger charge is 2.51. The first-order valence-corrected chi connectivity index (χ1v) is 29.4. The van der Waals surface area contributed by atoms with Crippen molar-refractivity contribution in [3.05, 3.63) is 148 Å². The van der Waals surface area contributed by atoms with E-state index in [1.165, 1.54) is 150 Å². The lowest BCUT2D eigenvalue weighted by atomic mass is 9.46. The first kappa shape index (κ1) is 47.2. The topological polar surface area (TPSA) is 21.3 Å². The van der Waals surface area contributed by atoms with Gasteiger partial charge in [0, 0.05) is 53.4 Å². The highest BCUT2D eigenvalue weighted by molar-refractivity contribution is 7.32. The molecule has 5 heteroatoms. The molecule has 0 saturated carbocycles. The van der Waals surface area contributed by atoms with Crippen molar-refractivity contribution in [1.82, 2.24) is 4.57 Å². The fourth-order valence-electron chi connectivity index (χ4n) is 15.5. The van der Waals surface area contributed by atoms with E-state index in [4.69, 9.17) is 4.42 Å². The molecule has 3 aliphatic carbocycles. The molecule has 0 unspecified atom stereocenters. The zero-order valence-corrected chi connectivity index (χ0v) is 48.7. The minimum atomic E-state index is -0.224. The number of para-hydroxylation sites is 1. The van der Waals surface area contributed by atoms with Crippen LogP contribution in [0.15, 0.2) is 108 Å². The van der Waals surface area contributed by atoms with Gasteiger partial charge in [-0.2, -0.15) is 0 Å². The molecule has 0 N–H and O–H groups in total. The standard InChI is InChI=1S/C71H73BN2OS/c1-65(2,3)38-21-24-40(25-22-38)74-54-35-43-42-32-49-51(69(11,12)29-27-67(49,7)8)36-48(42)71(15,16)47(43)33-45(54)57-58-41-19-17-18-20-55(41)75-63(58)59-44-34-50-52(70(13,14)30-28-68(50,9)10)37-53(44)73-61-46-31-39(66(4,5)6)23-26-56(46)76-64(61)72(74)60(57)62(59)73/h17-26,31-37H,27-30H2,1-16H3. The fourth-order valence-corrected chi connectivity index (χ4v) is 16.7. The van der Waals surface area contributed by atoms with E-state index >= 15 is 0 Å². The zero-order chi connectivity index (χ0) is 53.1. The lowest BCUT2D eigenvalue weighted by Crippen LogP contribution is -2.59. The van der Waals surface area contributed by atoms with Crippen molar-refractivity contribution in [2.24, 2.45) is 0 Å². The highest BCUT2D eigenvalue weighted by Crippen LogP contribution is 2.60. The lowest BCUT2D eigenvalue weighted by molar-refractivity contribution is 0.331. The molecule has 7 aromatic carbocycles. The zero-order valence-electron chi connectivity index (χ0n) is 47.9. The predicted octanol–water partition coefficient (Wildman–Crippen LogP) is 18.7. The maximum absolute atomic E-state index is 7.50. The van der Waals surface area contributed by atoms with Crippen LogP contribution in [-0.2, 0) is 37.9 Å². The SMILES string of the molecule is CC(C)(C)c1ccc(N2B3c4sc5ccc(C(C)(C)C)cc5c4-n4c5cc6c(cc5c5c7oc8ccccc8c7c(c3c54)-c3cc4c(cc32)-c2cc3c(cc2C4(C)C)C(C)(C)CCC3(C)C)C(C)(C)CCC6(C)C)cc1. The maximum atomic E-state index is 7.50. The Balaban J connectivity index is 1.16. The van der Waals surface area contributed by atoms with Gasteiger partial charge in [0.1, 0.15) is 11.2 Å². The molecule has 15 rings (SSSR count). The van der Waals surface area contributed by atoms with Gasteiger partial charge in [0.15, 0.2) is 0 Å². The number of benzene rings is 7. The summed E-state index contributed by atoms with van der Waals surface area (Å²) in [6, 6.07) is 41.9. The summed E-state index contributed by atoms with van der Waals surface area (Å²) in [4.78, 5) is 2.80. The molecule has 10 aromatic rings. The fraction of sp³-hybridized carbons (Fsp3) is 0.380. The Morgan fingerprint density at radius 3 is 1.75 bits per heavy atom. The second kappa shape index (κ2) is 14.4. The van der Waals surface area contributed by atoms with E-state index in [0.29, 0.717) is 0 Å². The van der Waals surface area contributed by atoms with Crippen molar-refractivity contribution in [1.29, 1.82) is 0 Å². The maximum Gasteiger partial charge on any atom is 0.343 e. The van der Waals surface area contributed by atoms with Crippen LogP contribution in [0, 0.1) is 0 Å². The Kier molecular flexibility index (Phi) is 8.92. The number of hydrogen-bond acceptors (Lipinski definition) is 3. The van der Waals surface area contributed by atoms with Crippen LogP contribution in [0.5, 0.6) is 0 Å². The minimum absolute atomic E-state index is 0.0140. The van der Waals surface area contributed by atoms with Gasteiger partial charge in [-0.3, -0.25) is 0 Å². The minimum Gasteiger partial charge on any atom is -0.455 e. The third-order valence-corrected chi connectivity index (χ3v) is 21.6. The van der Waals surface area contributed by atoms with Crippen LogP contribution >= 0.6 is 11.3 Å². The average molecular weight is 1010 g/mol. The molecule has 5 aliphatic rings. The number of fused-ring (bicyclic) bond motifs is 20. The van der Waals surface area contributed by atoms with E-state index in [0.717, 1.165) is 24.0 Å². The average Bonchev–Trinajstić information content (AvgIpc) is 3.29. The Bertz CT molecular complexity index is 4280. The molecular formula is C71H73BN2OS. The number of furan rings is 1. The molecule has 3 aromatic heterocycles. The normalized spacial score (nSPS) is 19.1. The molecule has 2 aliphatic heterocycles. The van der Waals surface area contributed by atoms with E-state index in [1.54, 1.807) is 0 Å². The number of hydrogen-bond donors (Lipinski definition) is 0. The second-order valence-electron chi connectivity index (χ2n) is 29.4. The molecule has 3 nitrogen and oxygen atoms in total. The van der Waals surface area contributed by atoms with Crippen LogP contribution in [0.1, 0.15) is 181 Å². The molecule has 0 bridgehead atoms. The van der Waals surface area contributed by atoms with Gasteiger partial charge >= 0.3 is 6.85 Å². The van der Waals surface area contributed by atoms with Gasteiger partial charge in [-0.25, -0.2) is 0 Å². The number of aromatic nitrogens is 1. The van der Waals surface area contributed by atoms with E-state index in [-0.39, 0.29) is 44.8 Å². The number of thiophene rings is 1. The van der Waals surface area contributed by atoms with Gasteiger partial charge in [-0.1, -0.05) is 153 Å². The molecule has 0 fully saturated rings. The van der Waals surface area contributed by atoms with Gasteiger partial charge in [0.2, 0.25) is 0 Å². The summed E-state index contributed by atoms with van der Waals surface area (Å²) in [6.45, 7) is 38.8. The quantitative estimate of drug-likeness (QED) is 0.153. The van der Waals surface area contributed by atoms with Crippen molar-refractivity contribution < 1.29 is 4.42 Å². The monoisotopic (exact) mass is 1010 g/mol. The van der Waals surface area contributed by atoms with Crippen LogP contribution in [-0.4, -0.2) is 11.4 Å². The van der Waals surface area contributed by atoms with Crippen LogP contribution in [0.25, 0.3) is 81.8 Å². The summed E-state index contributed by atoms with van der Waals surface area (Å²) >= 11 is 2.02. The van der Waals surface area contributed by atoms with E-state index < -0.39 is 0 Å². The first-order chi connectivity index (χ1) is 35.7. The second-order valence-corrected chi connectivity index (χ2v) is 30.5. The van der Waals surface area contributed by atoms with E-state index in [1.807, 2.05) is 11.3 Å². The lowest BCUT2D eigenvalue weighted by Gasteiger charge is -2.42. The van der Waals surface area contributed by atoms with Crippen molar-refractivity contribution in [3.63, 3.8) is 0 Å². The van der Waals surface area contributed by atoms with Crippen molar-refractivity contribution >= 4 is 93.6 Å². The largest absolute Gasteiger partial charge is 0.455 e. The molecule has 0 amide bonds. The predicted molar refractivity (Wildman–Crippen MR) is 328 cm³/mol.